The van der Waals surface area contributed by atoms with E-state index in [1.807, 2.05) is 0 Å². The molecule has 0 aromatic heterocycles. The summed E-state index contributed by atoms with van der Waals surface area (Å²) in [6.45, 7) is -0.327. The summed E-state index contributed by atoms with van der Waals surface area (Å²) in [6.07, 6.45) is 0. The second kappa shape index (κ2) is 4.63. The maximum Gasteiger partial charge on any atom is 0.331 e. The van der Waals surface area contributed by atoms with Crippen molar-refractivity contribution in [3.63, 3.8) is 0 Å². The number of hydrogen-bond acceptors (Lipinski definition) is 3. The van der Waals surface area contributed by atoms with Crippen molar-refractivity contribution in [2.24, 2.45) is 0 Å². The van der Waals surface area contributed by atoms with Gasteiger partial charge in [0.15, 0.2) is 17.7 Å². The molecule has 0 spiro atoms. The third kappa shape index (κ3) is 2.24. The molecule has 1 atom stereocenters. The van der Waals surface area contributed by atoms with Crippen LogP contribution >= 0.6 is 0 Å². The Labute approximate surface area is 105 Å². The van der Waals surface area contributed by atoms with E-state index in [4.69, 9.17) is 5.11 Å². The molecule has 100 valence electrons. The fourth-order valence-corrected chi connectivity index (χ4v) is 1.78. The Morgan fingerprint density at radius 3 is 2.47 bits per heavy atom. The number of carboxylic acids is 1. The van der Waals surface area contributed by atoms with E-state index in [0.29, 0.717) is 11.0 Å². The lowest BCUT2D eigenvalue weighted by molar-refractivity contribution is -0.146. The van der Waals surface area contributed by atoms with Gasteiger partial charge in [-0.3, -0.25) is 4.79 Å². The fraction of sp³-hybridized carbons (Fsp3) is 0.182. The van der Waals surface area contributed by atoms with Crippen molar-refractivity contribution in [1.82, 2.24) is 10.2 Å². The molecule has 0 radical (unpaired) electrons. The lowest BCUT2D eigenvalue weighted by Crippen LogP contribution is -2.39. The van der Waals surface area contributed by atoms with Crippen molar-refractivity contribution >= 4 is 17.9 Å². The highest BCUT2D eigenvalue weighted by Gasteiger charge is 2.40. The summed E-state index contributed by atoms with van der Waals surface area (Å²) in [4.78, 5) is 34.5. The summed E-state index contributed by atoms with van der Waals surface area (Å²) in [5.41, 5.74) is -0.197. The standard InChI is InChI=1S/C11H8F2N2O4/c12-6-2-1-5(3-7(6)13)9(10(17)18)15-8(16)4-14-11(15)19/h1-3,9H,4H2,(H,14,19)(H,17,18). The molecule has 1 saturated heterocycles. The van der Waals surface area contributed by atoms with Gasteiger partial charge in [0.05, 0.1) is 6.54 Å². The third-order valence-corrected chi connectivity index (χ3v) is 2.63. The zero-order chi connectivity index (χ0) is 14.2. The minimum absolute atomic E-state index is 0.197. The van der Waals surface area contributed by atoms with Crippen LogP contribution in [0.5, 0.6) is 0 Å². The number of amides is 3. The molecular formula is C11H8F2N2O4. The average Bonchev–Trinajstić information content (AvgIpc) is 2.65. The molecule has 0 bridgehead atoms. The predicted molar refractivity (Wildman–Crippen MR) is 57.0 cm³/mol. The molecule has 1 unspecified atom stereocenters. The first kappa shape index (κ1) is 12.9. The molecule has 1 aromatic carbocycles. The van der Waals surface area contributed by atoms with Gasteiger partial charge in [-0.15, -0.1) is 0 Å². The molecule has 2 rings (SSSR count). The third-order valence-electron chi connectivity index (χ3n) is 2.63. The molecule has 8 heteroatoms. The van der Waals surface area contributed by atoms with Crippen LogP contribution in [0.2, 0.25) is 0 Å². The van der Waals surface area contributed by atoms with Gasteiger partial charge in [0, 0.05) is 0 Å². The maximum absolute atomic E-state index is 13.1. The van der Waals surface area contributed by atoms with Gasteiger partial charge in [-0.2, -0.15) is 0 Å². The van der Waals surface area contributed by atoms with E-state index < -0.39 is 35.6 Å². The van der Waals surface area contributed by atoms with Gasteiger partial charge in [0.1, 0.15) is 0 Å². The average molecular weight is 270 g/mol. The molecule has 6 nitrogen and oxygen atoms in total. The smallest absolute Gasteiger partial charge is 0.331 e. The number of carboxylic acid groups (broad SMARTS) is 1. The number of benzene rings is 1. The molecule has 1 aromatic rings. The van der Waals surface area contributed by atoms with Crippen LogP contribution in [-0.2, 0) is 9.59 Å². The fourth-order valence-electron chi connectivity index (χ4n) is 1.78. The maximum atomic E-state index is 13.1. The minimum Gasteiger partial charge on any atom is -0.479 e. The molecule has 1 aliphatic heterocycles. The molecule has 1 fully saturated rings. The molecule has 3 amide bonds. The Kier molecular flexibility index (Phi) is 3.16. The first-order chi connectivity index (χ1) is 8.91. The number of carbonyl (C=O) groups is 3. The van der Waals surface area contributed by atoms with Crippen LogP contribution in [0.3, 0.4) is 0 Å². The largest absolute Gasteiger partial charge is 0.479 e. The number of aliphatic carboxylic acids is 1. The van der Waals surface area contributed by atoms with Crippen molar-refractivity contribution in [2.45, 2.75) is 6.04 Å². The Balaban J connectivity index is 2.45. The predicted octanol–water partition coefficient (Wildman–Crippen LogP) is 0.642. The number of imide groups is 1. The van der Waals surface area contributed by atoms with Crippen molar-refractivity contribution in [1.29, 1.82) is 0 Å². The monoisotopic (exact) mass is 270 g/mol. The van der Waals surface area contributed by atoms with Crippen LogP contribution in [0.25, 0.3) is 0 Å². The number of hydrogen-bond donors (Lipinski definition) is 2. The van der Waals surface area contributed by atoms with Gasteiger partial charge >= 0.3 is 12.0 Å². The van der Waals surface area contributed by atoms with Gasteiger partial charge in [-0.25, -0.2) is 23.3 Å². The Morgan fingerprint density at radius 1 is 1.32 bits per heavy atom. The van der Waals surface area contributed by atoms with Gasteiger partial charge in [-0.05, 0) is 17.7 Å². The highest BCUT2D eigenvalue weighted by Crippen LogP contribution is 2.24. The molecule has 19 heavy (non-hydrogen) atoms. The van der Waals surface area contributed by atoms with Crippen LogP contribution in [0, 0.1) is 11.6 Å². The quantitative estimate of drug-likeness (QED) is 0.789. The van der Waals surface area contributed by atoms with E-state index in [1.165, 1.54) is 0 Å². The van der Waals surface area contributed by atoms with Crippen molar-refractivity contribution in [3.8, 4) is 0 Å². The van der Waals surface area contributed by atoms with Crippen molar-refractivity contribution in [3.05, 3.63) is 35.4 Å². The zero-order valence-corrected chi connectivity index (χ0v) is 9.39. The van der Waals surface area contributed by atoms with Gasteiger partial charge in [-0.1, -0.05) is 6.07 Å². The van der Waals surface area contributed by atoms with Gasteiger partial charge in [0.25, 0.3) is 5.91 Å². The highest BCUT2D eigenvalue weighted by atomic mass is 19.2. The summed E-state index contributed by atoms with van der Waals surface area (Å²) in [7, 11) is 0. The van der Waals surface area contributed by atoms with E-state index in [-0.39, 0.29) is 12.1 Å². The number of carbonyl (C=O) groups excluding carboxylic acids is 2. The zero-order valence-electron chi connectivity index (χ0n) is 9.39. The second-order valence-corrected chi connectivity index (χ2v) is 3.84. The number of urea groups is 1. The summed E-state index contributed by atoms with van der Waals surface area (Å²) in [5.74, 6) is -4.67. The summed E-state index contributed by atoms with van der Waals surface area (Å²) >= 11 is 0. The van der Waals surface area contributed by atoms with Gasteiger partial charge < -0.3 is 10.4 Å². The van der Waals surface area contributed by atoms with E-state index in [2.05, 4.69) is 5.32 Å². The van der Waals surface area contributed by atoms with Crippen LogP contribution < -0.4 is 5.32 Å². The number of halogens is 2. The molecule has 1 heterocycles. The Hall–Kier alpha value is -2.51. The SMILES string of the molecule is O=C(O)C(c1ccc(F)c(F)c1)N1C(=O)CNC1=O. The number of rotatable bonds is 3. The lowest BCUT2D eigenvalue weighted by atomic mass is 10.1. The lowest BCUT2D eigenvalue weighted by Gasteiger charge is -2.21. The first-order valence-electron chi connectivity index (χ1n) is 5.19. The van der Waals surface area contributed by atoms with E-state index in [9.17, 15) is 23.2 Å². The molecular weight excluding hydrogens is 262 g/mol. The first-order valence-corrected chi connectivity index (χ1v) is 5.19. The van der Waals surface area contributed by atoms with E-state index in [0.717, 1.165) is 12.1 Å². The van der Waals surface area contributed by atoms with Crippen LogP contribution in [0.1, 0.15) is 11.6 Å². The topological polar surface area (TPSA) is 86.7 Å². The van der Waals surface area contributed by atoms with Crippen LogP contribution in [0.15, 0.2) is 18.2 Å². The summed E-state index contributed by atoms with van der Waals surface area (Å²) in [5, 5.41) is 11.2. The highest BCUT2D eigenvalue weighted by molar-refractivity contribution is 6.05. The van der Waals surface area contributed by atoms with Gasteiger partial charge in [0.2, 0.25) is 0 Å². The minimum atomic E-state index is -1.69. The number of nitrogens with one attached hydrogen (secondary N) is 1. The van der Waals surface area contributed by atoms with Crippen molar-refractivity contribution in [2.75, 3.05) is 6.54 Å². The summed E-state index contributed by atoms with van der Waals surface area (Å²) < 4.78 is 25.9. The molecule has 2 N–H and O–H groups in total. The molecule has 0 saturated carbocycles. The molecule has 0 aliphatic carbocycles. The van der Waals surface area contributed by atoms with E-state index >= 15 is 0 Å². The van der Waals surface area contributed by atoms with E-state index in [1.54, 1.807) is 0 Å². The number of nitrogens with zero attached hydrogens (tertiary/aromatic N) is 1. The normalized spacial score (nSPS) is 16.4. The Morgan fingerprint density at radius 2 is 2.00 bits per heavy atom. The van der Waals surface area contributed by atoms with Crippen LogP contribution in [-0.4, -0.2) is 34.5 Å². The summed E-state index contributed by atoms with van der Waals surface area (Å²) in [6, 6.07) is -0.186. The second-order valence-electron chi connectivity index (χ2n) is 3.84. The Bertz CT molecular complexity index is 560. The molecule has 1 aliphatic rings. The van der Waals surface area contributed by atoms with Crippen LogP contribution in [0.4, 0.5) is 13.6 Å². The van der Waals surface area contributed by atoms with Crippen molar-refractivity contribution < 1.29 is 28.3 Å².